The number of hydrogen-bond acceptors (Lipinski definition) is 3. The molecule has 3 nitrogen and oxygen atoms in total. The molecule has 19 heavy (non-hydrogen) atoms. The Hall–Kier alpha value is -1.09. The molecule has 0 aliphatic rings. The van der Waals surface area contributed by atoms with Crippen LogP contribution in [0, 0.1) is 0 Å². The molecule has 0 aliphatic heterocycles. The molecule has 0 bridgehead atoms. The maximum absolute atomic E-state index is 5.69. The lowest BCUT2D eigenvalue weighted by Gasteiger charge is -2.07. The summed E-state index contributed by atoms with van der Waals surface area (Å²) in [5.74, 6) is 0.754. The van der Waals surface area contributed by atoms with E-state index in [1.165, 1.54) is 32.1 Å². The Balaban J connectivity index is 2.14. The third kappa shape index (κ3) is 7.83. The van der Waals surface area contributed by atoms with Crippen molar-refractivity contribution < 1.29 is 4.74 Å². The molecule has 0 fully saturated rings. The van der Waals surface area contributed by atoms with Crippen LogP contribution in [0.5, 0.6) is 5.88 Å². The molecule has 0 unspecified atom stereocenters. The molecule has 0 atom stereocenters. The topological polar surface area (TPSA) is 34.1 Å². The van der Waals surface area contributed by atoms with Crippen molar-refractivity contribution >= 4 is 0 Å². The Morgan fingerprint density at radius 1 is 1.05 bits per heavy atom. The molecule has 1 heterocycles. The van der Waals surface area contributed by atoms with E-state index in [2.05, 4.69) is 24.1 Å². The van der Waals surface area contributed by atoms with Crippen LogP contribution in [0.25, 0.3) is 0 Å². The average molecular weight is 264 g/mol. The number of unbranched alkanes of at least 4 members (excludes halogenated alkanes) is 5. The van der Waals surface area contributed by atoms with Gasteiger partial charge in [0.2, 0.25) is 5.88 Å². The molecule has 0 saturated carbocycles. The van der Waals surface area contributed by atoms with Crippen LogP contribution in [-0.2, 0) is 6.54 Å². The molecule has 0 aliphatic carbocycles. The highest BCUT2D eigenvalue weighted by Gasteiger charge is 1.98. The quantitative estimate of drug-likeness (QED) is 0.615. The first-order valence-electron chi connectivity index (χ1n) is 7.66. The zero-order valence-corrected chi connectivity index (χ0v) is 12.5. The largest absolute Gasteiger partial charge is 0.478 e. The Labute approximate surface area is 117 Å². The van der Waals surface area contributed by atoms with Crippen molar-refractivity contribution in [2.75, 3.05) is 13.2 Å². The highest BCUT2D eigenvalue weighted by Crippen LogP contribution is 2.09. The zero-order chi connectivity index (χ0) is 13.8. The van der Waals surface area contributed by atoms with Crippen molar-refractivity contribution in [3.63, 3.8) is 0 Å². The van der Waals surface area contributed by atoms with E-state index in [4.69, 9.17) is 4.74 Å². The second-order valence-electron chi connectivity index (χ2n) is 4.86. The van der Waals surface area contributed by atoms with E-state index < -0.39 is 0 Å². The maximum Gasteiger partial charge on any atom is 0.213 e. The zero-order valence-electron chi connectivity index (χ0n) is 12.5. The van der Waals surface area contributed by atoms with Gasteiger partial charge in [-0.05, 0) is 19.0 Å². The van der Waals surface area contributed by atoms with E-state index in [1.807, 2.05) is 18.2 Å². The lowest BCUT2D eigenvalue weighted by atomic mass is 10.1. The van der Waals surface area contributed by atoms with Gasteiger partial charge in [0.25, 0.3) is 0 Å². The predicted octanol–water partition coefficient (Wildman–Crippen LogP) is 3.93. The summed E-state index contributed by atoms with van der Waals surface area (Å²) >= 11 is 0. The highest BCUT2D eigenvalue weighted by atomic mass is 16.5. The van der Waals surface area contributed by atoms with Crippen LogP contribution in [0.15, 0.2) is 18.2 Å². The van der Waals surface area contributed by atoms with Gasteiger partial charge in [0.1, 0.15) is 0 Å². The van der Waals surface area contributed by atoms with Gasteiger partial charge in [-0.25, -0.2) is 4.98 Å². The fourth-order valence-electron chi connectivity index (χ4n) is 1.95. The van der Waals surface area contributed by atoms with Gasteiger partial charge in [-0.2, -0.15) is 0 Å². The molecular formula is C16H28N2O. The lowest BCUT2D eigenvalue weighted by Crippen LogP contribution is -2.13. The van der Waals surface area contributed by atoms with Crippen LogP contribution >= 0.6 is 0 Å². The standard InChI is InChI=1S/C16H28N2O/c1-3-5-6-7-8-9-13-19-16-12-10-11-15(18-16)14-17-4-2/h10-12,17H,3-9,13-14H2,1-2H3. The van der Waals surface area contributed by atoms with E-state index in [0.717, 1.165) is 37.7 Å². The van der Waals surface area contributed by atoms with Crippen LogP contribution in [-0.4, -0.2) is 18.1 Å². The molecule has 1 aromatic rings. The normalized spacial score (nSPS) is 10.6. The van der Waals surface area contributed by atoms with Crippen molar-refractivity contribution in [2.24, 2.45) is 0 Å². The number of pyridine rings is 1. The Kier molecular flexibility index (Phi) is 9.07. The number of rotatable bonds is 11. The molecule has 0 aromatic carbocycles. The molecule has 108 valence electrons. The number of aromatic nitrogens is 1. The Morgan fingerprint density at radius 3 is 2.63 bits per heavy atom. The van der Waals surface area contributed by atoms with Gasteiger partial charge < -0.3 is 10.1 Å². The minimum Gasteiger partial charge on any atom is -0.478 e. The van der Waals surface area contributed by atoms with Crippen molar-refractivity contribution in [1.82, 2.24) is 10.3 Å². The van der Waals surface area contributed by atoms with Crippen molar-refractivity contribution in [3.05, 3.63) is 23.9 Å². The van der Waals surface area contributed by atoms with Crippen molar-refractivity contribution in [1.29, 1.82) is 0 Å². The van der Waals surface area contributed by atoms with Gasteiger partial charge in [0, 0.05) is 12.6 Å². The molecular weight excluding hydrogens is 236 g/mol. The number of nitrogens with zero attached hydrogens (tertiary/aromatic N) is 1. The number of ether oxygens (including phenoxy) is 1. The van der Waals surface area contributed by atoms with Crippen LogP contribution in [0.1, 0.15) is 58.1 Å². The van der Waals surface area contributed by atoms with Gasteiger partial charge in [-0.3, -0.25) is 0 Å². The second-order valence-corrected chi connectivity index (χ2v) is 4.86. The number of nitrogens with one attached hydrogen (secondary N) is 1. The first-order valence-corrected chi connectivity index (χ1v) is 7.66. The van der Waals surface area contributed by atoms with Crippen molar-refractivity contribution in [3.8, 4) is 5.88 Å². The second kappa shape index (κ2) is 10.8. The molecule has 1 N–H and O–H groups in total. The first-order chi connectivity index (χ1) is 9.36. The van der Waals surface area contributed by atoms with E-state index in [1.54, 1.807) is 0 Å². The summed E-state index contributed by atoms with van der Waals surface area (Å²) in [5.41, 5.74) is 1.04. The van der Waals surface area contributed by atoms with Crippen LogP contribution in [0.2, 0.25) is 0 Å². The highest BCUT2D eigenvalue weighted by molar-refractivity contribution is 5.15. The van der Waals surface area contributed by atoms with Gasteiger partial charge in [0.05, 0.1) is 12.3 Å². The first kappa shape index (κ1) is 16.0. The molecule has 0 amide bonds. The van der Waals surface area contributed by atoms with E-state index in [0.29, 0.717) is 0 Å². The fourth-order valence-corrected chi connectivity index (χ4v) is 1.95. The predicted molar refractivity (Wildman–Crippen MR) is 80.5 cm³/mol. The Morgan fingerprint density at radius 2 is 1.84 bits per heavy atom. The summed E-state index contributed by atoms with van der Waals surface area (Å²) in [4.78, 5) is 4.47. The summed E-state index contributed by atoms with van der Waals surface area (Å²) in [6.45, 7) is 6.90. The van der Waals surface area contributed by atoms with Crippen LogP contribution in [0.3, 0.4) is 0 Å². The smallest absolute Gasteiger partial charge is 0.213 e. The van der Waals surface area contributed by atoms with Gasteiger partial charge in [0.15, 0.2) is 0 Å². The van der Waals surface area contributed by atoms with E-state index in [9.17, 15) is 0 Å². The minimum absolute atomic E-state index is 0.754. The van der Waals surface area contributed by atoms with E-state index >= 15 is 0 Å². The third-order valence-electron chi connectivity index (χ3n) is 3.09. The molecule has 3 heteroatoms. The van der Waals surface area contributed by atoms with Crippen LogP contribution < -0.4 is 10.1 Å². The summed E-state index contributed by atoms with van der Waals surface area (Å²) in [7, 11) is 0. The summed E-state index contributed by atoms with van der Waals surface area (Å²) in [5, 5.41) is 3.27. The van der Waals surface area contributed by atoms with E-state index in [-0.39, 0.29) is 0 Å². The molecule has 1 rings (SSSR count). The SMILES string of the molecule is CCCCCCCCOc1cccc(CNCC)n1. The summed E-state index contributed by atoms with van der Waals surface area (Å²) in [6, 6.07) is 5.98. The monoisotopic (exact) mass is 264 g/mol. The molecule has 0 spiro atoms. The van der Waals surface area contributed by atoms with Gasteiger partial charge >= 0.3 is 0 Å². The average Bonchev–Trinajstić information content (AvgIpc) is 2.44. The maximum atomic E-state index is 5.69. The van der Waals surface area contributed by atoms with Crippen molar-refractivity contribution in [2.45, 2.75) is 58.9 Å². The molecule has 1 aromatic heterocycles. The van der Waals surface area contributed by atoms with Crippen LogP contribution in [0.4, 0.5) is 0 Å². The molecule has 0 radical (unpaired) electrons. The third-order valence-corrected chi connectivity index (χ3v) is 3.09. The lowest BCUT2D eigenvalue weighted by molar-refractivity contribution is 0.292. The van der Waals surface area contributed by atoms with Gasteiger partial charge in [-0.1, -0.05) is 52.0 Å². The summed E-state index contributed by atoms with van der Waals surface area (Å²) in [6.07, 6.45) is 7.73. The molecule has 0 saturated heterocycles. The van der Waals surface area contributed by atoms with Gasteiger partial charge in [-0.15, -0.1) is 0 Å². The fraction of sp³-hybridized carbons (Fsp3) is 0.688. The minimum atomic E-state index is 0.754. The summed E-state index contributed by atoms with van der Waals surface area (Å²) < 4.78 is 5.69. The number of hydrogen-bond donors (Lipinski definition) is 1. The Bertz CT molecular complexity index is 328.